The molecule has 1 unspecified atom stereocenters. The van der Waals surface area contributed by atoms with Crippen LogP contribution in [-0.2, 0) is 0 Å². The molecule has 1 atom stereocenters. The van der Waals surface area contributed by atoms with Crippen LogP contribution < -0.4 is 0 Å². The van der Waals surface area contributed by atoms with E-state index in [-0.39, 0.29) is 6.23 Å². The number of hydrogen-bond acceptors (Lipinski definition) is 2. The minimum absolute atomic E-state index is 0.232. The summed E-state index contributed by atoms with van der Waals surface area (Å²) >= 11 is 0. The van der Waals surface area contributed by atoms with E-state index in [0.717, 1.165) is 25.9 Å². The van der Waals surface area contributed by atoms with Crippen molar-refractivity contribution in [1.29, 1.82) is 0 Å². The van der Waals surface area contributed by atoms with Crippen molar-refractivity contribution in [2.24, 2.45) is 0 Å². The van der Waals surface area contributed by atoms with E-state index in [1.807, 2.05) is 6.92 Å². The zero-order valence-electron chi connectivity index (χ0n) is 6.45. The molecule has 2 nitrogen and oxygen atoms in total. The highest BCUT2D eigenvalue weighted by molar-refractivity contribution is 4.91. The summed E-state index contributed by atoms with van der Waals surface area (Å²) in [6.07, 6.45) is 5.96. The Hall–Kier alpha value is -0.340. The highest BCUT2D eigenvalue weighted by atomic mass is 16.3. The molecule has 0 aromatic heterocycles. The maximum atomic E-state index is 9.37. The third kappa shape index (κ3) is 1.82. The fourth-order valence-electron chi connectivity index (χ4n) is 1.19. The molecule has 0 bridgehead atoms. The fraction of sp³-hybridized carbons (Fsp3) is 0.750. The first-order valence-corrected chi connectivity index (χ1v) is 3.91. The molecule has 1 rings (SSSR count). The molecule has 1 aliphatic rings. The SMILES string of the molecule is CCC(O)N1CC=CCC1. The monoisotopic (exact) mass is 141 g/mol. The highest BCUT2D eigenvalue weighted by Crippen LogP contribution is 2.06. The zero-order valence-corrected chi connectivity index (χ0v) is 6.45. The van der Waals surface area contributed by atoms with Crippen molar-refractivity contribution >= 4 is 0 Å². The zero-order chi connectivity index (χ0) is 7.40. The summed E-state index contributed by atoms with van der Waals surface area (Å²) in [7, 11) is 0. The molecule has 0 amide bonds. The minimum Gasteiger partial charge on any atom is -0.378 e. The van der Waals surface area contributed by atoms with Crippen molar-refractivity contribution in [3.8, 4) is 0 Å². The first-order chi connectivity index (χ1) is 4.84. The van der Waals surface area contributed by atoms with E-state index < -0.39 is 0 Å². The molecule has 0 aliphatic carbocycles. The van der Waals surface area contributed by atoms with Gasteiger partial charge in [0.05, 0.1) is 0 Å². The maximum Gasteiger partial charge on any atom is 0.107 e. The van der Waals surface area contributed by atoms with E-state index in [1.165, 1.54) is 0 Å². The van der Waals surface area contributed by atoms with Gasteiger partial charge in [0.2, 0.25) is 0 Å². The molecule has 0 saturated heterocycles. The lowest BCUT2D eigenvalue weighted by molar-refractivity contribution is 0.00779. The van der Waals surface area contributed by atoms with Gasteiger partial charge in [-0.2, -0.15) is 0 Å². The summed E-state index contributed by atoms with van der Waals surface area (Å²) in [5.74, 6) is 0. The molecular weight excluding hydrogens is 126 g/mol. The standard InChI is InChI=1S/C8H15NO/c1-2-8(10)9-6-4-3-5-7-9/h3-4,8,10H,2,5-7H2,1H3. The average Bonchev–Trinajstić information content (AvgIpc) is 2.05. The number of hydrogen-bond donors (Lipinski definition) is 1. The summed E-state index contributed by atoms with van der Waals surface area (Å²) in [6, 6.07) is 0. The Morgan fingerprint density at radius 3 is 2.90 bits per heavy atom. The van der Waals surface area contributed by atoms with Gasteiger partial charge in [-0.3, -0.25) is 4.90 Å². The molecule has 0 radical (unpaired) electrons. The second-order valence-electron chi connectivity index (χ2n) is 2.64. The first kappa shape index (κ1) is 7.76. The van der Waals surface area contributed by atoms with Crippen molar-refractivity contribution in [3.05, 3.63) is 12.2 Å². The van der Waals surface area contributed by atoms with Crippen molar-refractivity contribution < 1.29 is 5.11 Å². The molecule has 0 aromatic carbocycles. The van der Waals surface area contributed by atoms with Crippen LogP contribution in [0.1, 0.15) is 19.8 Å². The second kappa shape index (κ2) is 3.74. The van der Waals surface area contributed by atoms with Gasteiger partial charge in [-0.05, 0) is 12.8 Å². The van der Waals surface area contributed by atoms with Crippen LogP contribution in [0.4, 0.5) is 0 Å². The third-order valence-electron chi connectivity index (χ3n) is 1.88. The quantitative estimate of drug-likeness (QED) is 0.579. The maximum absolute atomic E-state index is 9.37. The molecule has 0 saturated carbocycles. The summed E-state index contributed by atoms with van der Waals surface area (Å²) in [5.41, 5.74) is 0. The van der Waals surface area contributed by atoms with Crippen LogP contribution in [0.2, 0.25) is 0 Å². The van der Waals surface area contributed by atoms with Crippen LogP contribution >= 0.6 is 0 Å². The molecule has 10 heavy (non-hydrogen) atoms. The molecular formula is C8H15NO. The summed E-state index contributed by atoms with van der Waals surface area (Å²) in [5, 5.41) is 9.37. The lowest BCUT2D eigenvalue weighted by Gasteiger charge is -2.27. The Balaban J connectivity index is 2.33. The van der Waals surface area contributed by atoms with Crippen LogP contribution in [0.5, 0.6) is 0 Å². The predicted molar refractivity (Wildman–Crippen MR) is 41.6 cm³/mol. The molecule has 1 N–H and O–H groups in total. The third-order valence-corrected chi connectivity index (χ3v) is 1.88. The van der Waals surface area contributed by atoms with Gasteiger partial charge >= 0.3 is 0 Å². The Morgan fingerprint density at radius 1 is 1.60 bits per heavy atom. The average molecular weight is 141 g/mol. The Bertz CT molecular complexity index is 122. The van der Waals surface area contributed by atoms with Gasteiger partial charge in [0, 0.05) is 13.1 Å². The van der Waals surface area contributed by atoms with Gasteiger partial charge in [-0.25, -0.2) is 0 Å². The lowest BCUT2D eigenvalue weighted by Crippen LogP contribution is -2.36. The van der Waals surface area contributed by atoms with Gasteiger partial charge in [-0.1, -0.05) is 19.1 Å². The van der Waals surface area contributed by atoms with Crippen LogP contribution in [0.15, 0.2) is 12.2 Å². The fourth-order valence-corrected chi connectivity index (χ4v) is 1.19. The Kier molecular flexibility index (Phi) is 2.90. The molecule has 1 heterocycles. The van der Waals surface area contributed by atoms with Gasteiger partial charge in [0.25, 0.3) is 0 Å². The number of rotatable bonds is 2. The van der Waals surface area contributed by atoms with Crippen molar-refractivity contribution in [3.63, 3.8) is 0 Å². The molecule has 1 aliphatic heterocycles. The van der Waals surface area contributed by atoms with Crippen molar-refractivity contribution in [1.82, 2.24) is 4.90 Å². The van der Waals surface area contributed by atoms with Crippen molar-refractivity contribution in [2.45, 2.75) is 26.0 Å². The normalized spacial score (nSPS) is 23.0. The van der Waals surface area contributed by atoms with Crippen LogP contribution in [0.25, 0.3) is 0 Å². The van der Waals surface area contributed by atoms with Gasteiger partial charge in [0.1, 0.15) is 6.23 Å². The van der Waals surface area contributed by atoms with E-state index in [0.29, 0.717) is 0 Å². The summed E-state index contributed by atoms with van der Waals surface area (Å²) in [4.78, 5) is 2.08. The number of nitrogens with zero attached hydrogens (tertiary/aromatic N) is 1. The smallest absolute Gasteiger partial charge is 0.107 e. The van der Waals surface area contributed by atoms with E-state index in [2.05, 4.69) is 17.1 Å². The summed E-state index contributed by atoms with van der Waals surface area (Å²) in [6.45, 7) is 3.92. The minimum atomic E-state index is -0.232. The molecule has 58 valence electrons. The number of aliphatic hydroxyl groups is 1. The van der Waals surface area contributed by atoms with Crippen LogP contribution in [0.3, 0.4) is 0 Å². The van der Waals surface area contributed by atoms with Gasteiger partial charge in [-0.15, -0.1) is 0 Å². The van der Waals surface area contributed by atoms with Crippen LogP contribution in [-0.4, -0.2) is 29.3 Å². The number of aliphatic hydroxyl groups excluding tert-OH is 1. The summed E-state index contributed by atoms with van der Waals surface area (Å²) < 4.78 is 0. The van der Waals surface area contributed by atoms with Crippen molar-refractivity contribution in [2.75, 3.05) is 13.1 Å². The molecule has 0 spiro atoms. The predicted octanol–water partition coefficient (Wildman–Crippen LogP) is 0.977. The molecule has 0 aromatic rings. The topological polar surface area (TPSA) is 23.5 Å². The molecule has 0 fully saturated rings. The second-order valence-corrected chi connectivity index (χ2v) is 2.64. The van der Waals surface area contributed by atoms with Gasteiger partial charge < -0.3 is 5.11 Å². The van der Waals surface area contributed by atoms with E-state index in [1.54, 1.807) is 0 Å². The Morgan fingerprint density at radius 2 is 2.40 bits per heavy atom. The highest BCUT2D eigenvalue weighted by Gasteiger charge is 2.12. The first-order valence-electron chi connectivity index (χ1n) is 3.91. The Labute approximate surface area is 62.2 Å². The van der Waals surface area contributed by atoms with Gasteiger partial charge in [0.15, 0.2) is 0 Å². The molecule has 2 heteroatoms. The largest absolute Gasteiger partial charge is 0.378 e. The van der Waals surface area contributed by atoms with E-state index >= 15 is 0 Å². The van der Waals surface area contributed by atoms with E-state index in [9.17, 15) is 5.11 Å². The van der Waals surface area contributed by atoms with E-state index in [4.69, 9.17) is 0 Å². The van der Waals surface area contributed by atoms with Crippen LogP contribution in [0, 0.1) is 0 Å². The lowest BCUT2D eigenvalue weighted by atomic mass is 10.2.